The second-order valence-corrected chi connectivity index (χ2v) is 10.8. The molecule has 236 valence electrons. The molecule has 0 unspecified atom stereocenters. The first-order valence-electron chi connectivity index (χ1n) is 14.5. The third-order valence-corrected chi connectivity index (χ3v) is 7.83. The quantitative estimate of drug-likeness (QED) is 0.245. The fourth-order valence-electron chi connectivity index (χ4n) is 5.57. The first-order valence-corrected chi connectivity index (χ1v) is 14.5. The molecule has 0 aliphatic carbocycles. The van der Waals surface area contributed by atoms with Crippen molar-refractivity contribution in [2.75, 3.05) is 41.0 Å². The maximum atomic E-state index is 14.2. The Morgan fingerprint density at radius 2 is 1.87 bits per heavy atom. The third-order valence-electron chi connectivity index (χ3n) is 7.83. The smallest absolute Gasteiger partial charge is 0.256 e. The molecule has 0 spiro atoms. The minimum absolute atomic E-state index is 0.0543. The number of Topliss-reactive ketones (excluding diaryl/α,β-unsaturated/α-hetero) is 1. The number of aromatic nitrogens is 3. The van der Waals surface area contributed by atoms with Crippen LogP contribution in [0.1, 0.15) is 39.7 Å². The van der Waals surface area contributed by atoms with Crippen LogP contribution in [-0.2, 0) is 20.8 Å². The van der Waals surface area contributed by atoms with Crippen molar-refractivity contribution in [1.29, 1.82) is 0 Å². The number of halogens is 2. The van der Waals surface area contributed by atoms with Crippen LogP contribution in [0.25, 0.3) is 16.9 Å². The Hall–Kier alpha value is -4.52. The molecule has 12 heteroatoms. The van der Waals surface area contributed by atoms with Crippen molar-refractivity contribution in [2.24, 2.45) is 5.92 Å². The standard InChI is InChI=1S/C33H35F2N5O5/c1-20-29(17-25(41)14-23-19-39(12-13-43-3)45-31(23)21-10-11-27(34)28(35)16-21)40(24-8-6-5-7-9-24)38-30(20)22-15-26(32(42)36-2)33(44-4)37-18-22/h5-11,15-16,18,23,31H,12-14,17,19H2,1-4H3,(H,36,42)/t23-,31+/m1/s1. The zero-order valence-electron chi connectivity index (χ0n) is 25.5. The molecule has 0 radical (unpaired) electrons. The summed E-state index contributed by atoms with van der Waals surface area (Å²) in [4.78, 5) is 36.7. The van der Waals surface area contributed by atoms with Gasteiger partial charge in [0.2, 0.25) is 5.88 Å². The van der Waals surface area contributed by atoms with Gasteiger partial charge in [0.25, 0.3) is 5.91 Å². The van der Waals surface area contributed by atoms with Crippen LogP contribution in [0.5, 0.6) is 5.88 Å². The SMILES string of the molecule is CNC(=O)c1cc(-c2nn(-c3ccccc3)c(CC(=O)C[C@@H]3CN(CCOC)O[C@H]3c3ccc(F)c(F)c3)c2C)cnc1OC. The van der Waals surface area contributed by atoms with Crippen LogP contribution in [0.4, 0.5) is 8.78 Å². The van der Waals surface area contributed by atoms with E-state index in [4.69, 9.17) is 19.4 Å². The van der Waals surface area contributed by atoms with Crippen LogP contribution in [0.2, 0.25) is 0 Å². The Balaban J connectivity index is 1.47. The first kappa shape index (κ1) is 31.9. The van der Waals surface area contributed by atoms with Crippen molar-refractivity contribution in [3.05, 3.63) is 94.8 Å². The van der Waals surface area contributed by atoms with E-state index in [1.54, 1.807) is 29.1 Å². The maximum Gasteiger partial charge on any atom is 0.256 e. The number of carbonyl (C=O) groups excluding carboxylic acids is 2. The minimum Gasteiger partial charge on any atom is -0.480 e. The van der Waals surface area contributed by atoms with Crippen molar-refractivity contribution in [1.82, 2.24) is 25.1 Å². The molecule has 0 bridgehead atoms. The molecular weight excluding hydrogens is 584 g/mol. The molecule has 2 aromatic heterocycles. The molecule has 1 fully saturated rings. The Bertz CT molecular complexity index is 1680. The lowest BCUT2D eigenvalue weighted by atomic mass is 9.90. The number of pyridine rings is 1. The lowest BCUT2D eigenvalue weighted by molar-refractivity contribution is -0.155. The number of hydroxylamine groups is 2. The Kier molecular flexibility index (Phi) is 9.96. The molecule has 4 aromatic rings. The number of ketones is 1. The minimum atomic E-state index is -0.973. The van der Waals surface area contributed by atoms with E-state index < -0.39 is 17.7 Å². The summed E-state index contributed by atoms with van der Waals surface area (Å²) in [5, 5.41) is 9.17. The van der Waals surface area contributed by atoms with E-state index in [1.165, 1.54) is 20.2 Å². The molecule has 1 aliphatic rings. The van der Waals surface area contributed by atoms with Crippen molar-refractivity contribution < 1.29 is 32.7 Å². The van der Waals surface area contributed by atoms with Crippen LogP contribution < -0.4 is 10.1 Å². The monoisotopic (exact) mass is 619 g/mol. The van der Waals surface area contributed by atoms with E-state index in [-0.39, 0.29) is 41.9 Å². The Morgan fingerprint density at radius 1 is 1.09 bits per heavy atom. The van der Waals surface area contributed by atoms with E-state index >= 15 is 0 Å². The molecule has 1 amide bonds. The highest BCUT2D eigenvalue weighted by Crippen LogP contribution is 2.37. The van der Waals surface area contributed by atoms with Gasteiger partial charge in [0, 0.05) is 57.8 Å². The summed E-state index contributed by atoms with van der Waals surface area (Å²) in [5.74, 6) is -2.48. The molecule has 5 rings (SSSR count). The van der Waals surface area contributed by atoms with Crippen LogP contribution in [0.3, 0.4) is 0 Å². The molecule has 1 saturated heterocycles. The molecule has 45 heavy (non-hydrogen) atoms. The van der Waals surface area contributed by atoms with Crippen LogP contribution >= 0.6 is 0 Å². The lowest BCUT2D eigenvalue weighted by Gasteiger charge is -2.18. The van der Waals surface area contributed by atoms with Crippen molar-refractivity contribution in [3.8, 4) is 22.8 Å². The fraction of sp³-hybridized carbons (Fsp3) is 0.333. The number of hydrogen-bond acceptors (Lipinski definition) is 8. The highest BCUT2D eigenvalue weighted by atomic mass is 19.2. The number of rotatable bonds is 12. The van der Waals surface area contributed by atoms with Gasteiger partial charge in [0.1, 0.15) is 17.5 Å². The van der Waals surface area contributed by atoms with Crippen LogP contribution in [0.15, 0.2) is 60.8 Å². The van der Waals surface area contributed by atoms with Gasteiger partial charge < -0.3 is 14.8 Å². The highest BCUT2D eigenvalue weighted by molar-refractivity contribution is 5.97. The second-order valence-electron chi connectivity index (χ2n) is 10.8. The zero-order chi connectivity index (χ0) is 32.1. The molecule has 1 aliphatic heterocycles. The average molecular weight is 620 g/mol. The summed E-state index contributed by atoms with van der Waals surface area (Å²) in [6.07, 6.45) is 1.13. The fourth-order valence-corrected chi connectivity index (χ4v) is 5.57. The number of para-hydroxylation sites is 1. The zero-order valence-corrected chi connectivity index (χ0v) is 25.5. The van der Waals surface area contributed by atoms with Gasteiger partial charge in [-0.3, -0.25) is 14.4 Å². The van der Waals surface area contributed by atoms with Gasteiger partial charge in [-0.25, -0.2) is 18.4 Å². The van der Waals surface area contributed by atoms with Crippen LogP contribution in [-0.4, -0.2) is 72.5 Å². The second kappa shape index (κ2) is 14.1. The van der Waals surface area contributed by atoms with Gasteiger partial charge >= 0.3 is 0 Å². The average Bonchev–Trinajstić information content (AvgIpc) is 3.60. The van der Waals surface area contributed by atoms with Gasteiger partial charge in [-0.05, 0) is 48.4 Å². The van der Waals surface area contributed by atoms with Crippen molar-refractivity contribution in [2.45, 2.75) is 25.9 Å². The number of ether oxygens (including phenoxy) is 2. The molecule has 2 aromatic carbocycles. The Morgan fingerprint density at radius 3 is 2.56 bits per heavy atom. The first-order chi connectivity index (χ1) is 21.7. The maximum absolute atomic E-state index is 14.2. The summed E-state index contributed by atoms with van der Waals surface area (Å²) in [6, 6.07) is 14.8. The topological polar surface area (TPSA) is 108 Å². The van der Waals surface area contributed by atoms with Crippen molar-refractivity contribution in [3.63, 3.8) is 0 Å². The lowest BCUT2D eigenvalue weighted by Crippen LogP contribution is -2.24. The number of hydrogen-bond donors (Lipinski definition) is 1. The van der Waals surface area contributed by atoms with E-state index in [2.05, 4.69) is 10.3 Å². The summed E-state index contributed by atoms with van der Waals surface area (Å²) in [6.45, 7) is 3.16. The Labute approximate surface area is 259 Å². The van der Waals surface area contributed by atoms with Gasteiger partial charge in [-0.1, -0.05) is 24.3 Å². The number of nitrogens with zero attached hydrogens (tertiary/aromatic N) is 4. The van der Waals surface area contributed by atoms with Gasteiger partial charge in [-0.15, -0.1) is 0 Å². The number of carbonyl (C=O) groups is 2. The summed E-state index contributed by atoms with van der Waals surface area (Å²) in [5.41, 5.74) is 4.06. The highest BCUT2D eigenvalue weighted by Gasteiger charge is 2.37. The summed E-state index contributed by atoms with van der Waals surface area (Å²) >= 11 is 0. The normalized spacial score (nSPS) is 16.6. The van der Waals surface area contributed by atoms with E-state index in [0.717, 1.165) is 23.4 Å². The number of amides is 1. The summed E-state index contributed by atoms with van der Waals surface area (Å²) < 4.78 is 40.1. The largest absolute Gasteiger partial charge is 0.480 e. The van der Waals surface area contributed by atoms with Gasteiger partial charge in [0.05, 0.1) is 30.8 Å². The molecule has 10 nitrogen and oxygen atoms in total. The van der Waals surface area contributed by atoms with Crippen molar-refractivity contribution >= 4 is 11.7 Å². The molecule has 2 atom stereocenters. The third kappa shape index (κ3) is 6.93. The van der Waals surface area contributed by atoms with Gasteiger partial charge in [-0.2, -0.15) is 10.2 Å². The number of methoxy groups -OCH3 is 2. The van der Waals surface area contributed by atoms with E-state index in [0.29, 0.717) is 42.2 Å². The van der Waals surface area contributed by atoms with Gasteiger partial charge in [0.15, 0.2) is 11.6 Å². The summed E-state index contributed by atoms with van der Waals surface area (Å²) in [7, 11) is 4.55. The number of benzene rings is 2. The predicted molar refractivity (Wildman–Crippen MR) is 162 cm³/mol. The predicted octanol–water partition coefficient (Wildman–Crippen LogP) is 4.64. The van der Waals surface area contributed by atoms with Crippen LogP contribution in [0, 0.1) is 24.5 Å². The molecule has 3 heterocycles. The number of nitrogens with one attached hydrogen (secondary N) is 1. The molecule has 0 saturated carbocycles. The van der Waals surface area contributed by atoms with E-state index in [1.807, 2.05) is 37.3 Å². The van der Waals surface area contributed by atoms with E-state index in [9.17, 15) is 18.4 Å². The molecule has 1 N–H and O–H groups in total. The molecular formula is C33H35F2N5O5.